The van der Waals surface area contributed by atoms with Gasteiger partial charge >= 0.3 is 0 Å². The summed E-state index contributed by atoms with van der Waals surface area (Å²) in [5.74, 6) is -2.51. The van der Waals surface area contributed by atoms with E-state index in [2.05, 4.69) is 0 Å². The highest BCUT2D eigenvalue weighted by atomic mass is 32.2. The minimum absolute atomic E-state index is 0.165. The van der Waals surface area contributed by atoms with Gasteiger partial charge in [-0.3, -0.25) is 23.2 Å². The molecule has 14 nitrogen and oxygen atoms in total. The van der Waals surface area contributed by atoms with Crippen LogP contribution in [0.3, 0.4) is 0 Å². The van der Waals surface area contributed by atoms with Crippen LogP contribution in [0.25, 0.3) is 11.1 Å². The van der Waals surface area contributed by atoms with Gasteiger partial charge in [0.25, 0.3) is 30.4 Å². The second kappa shape index (κ2) is 8.91. The predicted molar refractivity (Wildman–Crippen MR) is 136 cm³/mol. The minimum Gasteiger partial charge on any atom is -0.397 e. The molecule has 1 aliphatic rings. The van der Waals surface area contributed by atoms with Gasteiger partial charge in [-0.15, -0.1) is 0 Å². The van der Waals surface area contributed by atoms with Gasteiger partial charge in [0.15, 0.2) is 11.6 Å². The predicted octanol–water partition coefficient (Wildman–Crippen LogP) is 0.801. The van der Waals surface area contributed by atoms with Gasteiger partial charge in [-0.1, -0.05) is 24.3 Å². The molecular formula is C22H19N3O11S3. The van der Waals surface area contributed by atoms with E-state index in [4.69, 9.17) is 17.2 Å². The zero-order chi connectivity index (χ0) is 29.4. The molecule has 9 N–H and O–H groups in total. The second-order valence-electron chi connectivity index (χ2n) is 8.49. The summed E-state index contributed by atoms with van der Waals surface area (Å²) >= 11 is 0. The lowest BCUT2D eigenvalue weighted by molar-refractivity contribution is 0.0977. The van der Waals surface area contributed by atoms with Crippen molar-refractivity contribution in [3.8, 4) is 11.1 Å². The number of hydrogen-bond donors (Lipinski definition) is 6. The quantitative estimate of drug-likeness (QED) is 0.137. The highest BCUT2D eigenvalue weighted by molar-refractivity contribution is 7.86. The van der Waals surface area contributed by atoms with Crippen molar-refractivity contribution in [1.29, 1.82) is 0 Å². The number of hydrogen-bond acceptors (Lipinski definition) is 11. The Morgan fingerprint density at radius 2 is 1.23 bits per heavy atom. The maximum atomic E-state index is 13.9. The van der Waals surface area contributed by atoms with Crippen molar-refractivity contribution >= 4 is 53.3 Å². The Hall–Kier alpha value is -3.71. The second-order valence-corrected chi connectivity index (χ2v) is 12.6. The van der Waals surface area contributed by atoms with Gasteiger partial charge in [-0.2, -0.15) is 25.3 Å². The molecule has 206 valence electrons. The number of benzene rings is 3. The fraction of sp³-hybridized carbons (Fsp3) is 0.0909. The molecule has 3 aromatic carbocycles. The Bertz CT molecular complexity index is 1980. The molecule has 0 unspecified atom stereocenters. The summed E-state index contributed by atoms with van der Waals surface area (Å²) in [6.07, 6.45) is 0. The molecule has 0 atom stereocenters. The first kappa shape index (κ1) is 28.3. The maximum absolute atomic E-state index is 13.9. The van der Waals surface area contributed by atoms with Crippen molar-refractivity contribution in [2.75, 3.05) is 11.5 Å². The summed E-state index contributed by atoms with van der Waals surface area (Å²) in [7, 11) is -15.6. The van der Waals surface area contributed by atoms with Crippen LogP contribution in [0.4, 0.5) is 11.4 Å². The molecule has 1 aliphatic carbocycles. The summed E-state index contributed by atoms with van der Waals surface area (Å²) in [5, 5.41) is 0. The third-order valence-corrected chi connectivity index (χ3v) is 9.08. The Morgan fingerprint density at radius 3 is 1.74 bits per heavy atom. The summed E-state index contributed by atoms with van der Waals surface area (Å²) in [6.45, 7) is 0.967. The highest BCUT2D eigenvalue weighted by Crippen LogP contribution is 2.48. The van der Waals surface area contributed by atoms with Gasteiger partial charge < -0.3 is 17.2 Å². The van der Waals surface area contributed by atoms with E-state index in [1.165, 1.54) is 13.0 Å². The highest BCUT2D eigenvalue weighted by Gasteiger charge is 2.42. The van der Waals surface area contributed by atoms with Crippen molar-refractivity contribution in [3.05, 3.63) is 63.7 Å². The molecule has 3 aromatic rings. The molecule has 0 aliphatic heterocycles. The Kier molecular flexibility index (Phi) is 6.47. The number of fused-ring (bicyclic) bond motifs is 2. The largest absolute Gasteiger partial charge is 0.397 e. The fourth-order valence-corrected chi connectivity index (χ4v) is 7.16. The van der Waals surface area contributed by atoms with E-state index in [1.54, 1.807) is 0 Å². The first-order chi connectivity index (χ1) is 17.8. The number of ketones is 2. The molecule has 0 fully saturated rings. The number of anilines is 2. The number of rotatable bonds is 5. The van der Waals surface area contributed by atoms with Crippen LogP contribution in [0.15, 0.2) is 45.0 Å². The van der Waals surface area contributed by atoms with E-state index in [0.717, 1.165) is 24.3 Å². The van der Waals surface area contributed by atoms with Crippen LogP contribution in [0.2, 0.25) is 0 Å². The minimum atomic E-state index is -5.34. The molecule has 0 bridgehead atoms. The van der Waals surface area contributed by atoms with Crippen molar-refractivity contribution < 1.29 is 48.5 Å². The standard InChI is InChI=1S/C22H19N3O11S3/c1-8-5-6-10(21(11(8)7-23)38(31,32)33)14-15-16(18(25)22(17(14)24)39(34,35)36)19(26)9-3-2-4-12(37(28,29)30)13(9)20(15)27/h2-6H,7,23-25H2,1H3,(H,28,29,30)(H,31,32,33)(H,34,35,36). The number of aryl methyl sites for hydroxylation is 1. The van der Waals surface area contributed by atoms with Crippen LogP contribution >= 0.6 is 0 Å². The SMILES string of the molecule is Cc1ccc(-c2c(N)c(S(=O)(=O)O)c(N)c3c2C(=O)c2c(cccc2S(=O)(=O)O)C3=O)c(S(=O)(=O)O)c1CN. The number of carbonyl (C=O) groups is 2. The van der Waals surface area contributed by atoms with Crippen molar-refractivity contribution in [3.63, 3.8) is 0 Å². The van der Waals surface area contributed by atoms with E-state index in [-0.39, 0.29) is 11.1 Å². The molecule has 0 heterocycles. The van der Waals surface area contributed by atoms with Crippen molar-refractivity contribution in [1.82, 2.24) is 0 Å². The zero-order valence-electron chi connectivity index (χ0n) is 19.7. The topological polar surface area (TPSA) is 275 Å². The average Bonchev–Trinajstić information content (AvgIpc) is 2.79. The van der Waals surface area contributed by atoms with Gasteiger partial charge in [-0.25, -0.2) is 0 Å². The third-order valence-electron chi connectivity index (χ3n) is 6.24. The summed E-state index contributed by atoms with van der Waals surface area (Å²) in [4.78, 5) is 24.3. The first-order valence-corrected chi connectivity index (χ1v) is 14.9. The molecule has 0 saturated heterocycles. The number of carbonyl (C=O) groups excluding carboxylic acids is 2. The van der Waals surface area contributed by atoms with Crippen molar-refractivity contribution in [2.45, 2.75) is 28.2 Å². The Morgan fingerprint density at radius 1 is 0.667 bits per heavy atom. The van der Waals surface area contributed by atoms with Crippen molar-refractivity contribution in [2.24, 2.45) is 5.73 Å². The molecule has 4 rings (SSSR count). The molecular weight excluding hydrogens is 578 g/mol. The molecule has 0 aromatic heterocycles. The van der Waals surface area contributed by atoms with E-state index in [1.807, 2.05) is 0 Å². The number of nitrogens with two attached hydrogens (primary N) is 3. The van der Waals surface area contributed by atoms with Crippen LogP contribution in [0.1, 0.15) is 43.0 Å². The lowest BCUT2D eigenvalue weighted by atomic mass is 9.78. The van der Waals surface area contributed by atoms with Crippen LogP contribution in [0.5, 0.6) is 0 Å². The van der Waals surface area contributed by atoms with Gasteiger partial charge in [0, 0.05) is 28.8 Å². The maximum Gasteiger partial charge on any atom is 0.298 e. The average molecular weight is 598 g/mol. The zero-order valence-corrected chi connectivity index (χ0v) is 22.1. The Labute approximate surface area is 221 Å². The lowest BCUT2D eigenvalue weighted by Crippen LogP contribution is -2.28. The van der Waals surface area contributed by atoms with Crippen LogP contribution in [-0.4, -0.2) is 50.5 Å². The summed E-state index contributed by atoms with van der Waals surface area (Å²) < 4.78 is 104. The van der Waals surface area contributed by atoms with Crippen LogP contribution in [-0.2, 0) is 36.9 Å². The first-order valence-electron chi connectivity index (χ1n) is 10.6. The fourth-order valence-electron chi connectivity index (χ4n) is 4.69. The van der Waals surface area contributed by atoms with Gasteiger partial charge in [0.2, 0.25) is 0 Å². The van der Waals surface area contributed by atoms with Crippen LogP contribution in [0, 0.1) is 6.92 Å². The van der Waals surface area contributed by atoms with E-state index < -0.39 is 108 Å². The smallest absolute Gasteiger partial charge is 0.298 e. The number of nitrogen functional groups attached to an aromatic ring is 2. The Balaban J connectivity index is 2.35. The molecule has 0 spiro atoms. The summed E-state index contributed by atoms with van der Waals surface area (Å²) in [6, 6.07) is 5.20. The van der Waals surface area contributed by atoms with Crippen LogP contribution < -0.4 is 17.2 Å². The third kappa shape index (κ3) is 4.29. The monoisotopic (exact) mass is 597 g/mol. The molecule has 39 heavy (non-hydrogen) atoms. The molecule has 17 heteroatoms. The van der Waals surface area contributed by atoms with Gasteiger partial charge in [0.1, 0.15) is 14.7 Å². The lowest BCUT2D eigenvalue weighted by Gasteiger charge is -2.27. The molecule has 0 radical (unpaired) electrons. The summed E-state index contributed by atoms with van der Waals surface area (Å²) in [5.41, 5.74) is 11.4. The van der Waals surface area contributed by atoms with Gasteiger partial charge in [-0.05, 0) is 24.1 Å². The molecule has 0 saturated carbocycles. The van der Waals surface area contributed by atoms with E-state index in [9.17, 15) is 48.5 Å². The van der Waals surface area contributed by atoms with Gasteiger partial charge in [0.05, 0.1) is 22.5 Å². The van der Waals surface area contributed by atoms with E-state index in [0.29, 0.717) is 0 Å². The molecule has 0 amide bonds. The van der Waals surface area contributed by atoms with E-state index >= 15 is 0 Å². The normalized spacial score (nSPS) is 13.8.